The first kappa shape index (κ1) is 39.2. The van der Waals surface area contributed by atoms with Crippen LogP contribution in [0.5, 0.6) is 0 Å². The van der Waals surface area contributed by atoms with Gasteiger partial charge in [-0.05, 0) is 133 Å². The molecule has 10 aromatic carbocycles. The predicted molar refractivity (Wildman–Crippen MR) is 284 cm³/mol. The molecule has 0 bridgehead atoms. The topological polar surface area (TPSA) is 16.4 Å². The van der Waals surface area contributed by atoms with Crippen molar-refractivity contribution in [3.05, 3.63) is 235 Å². The van der Waals surface area contributed by atoms with E-state index < -0.39 is 0 Å². The van der Waals surface area contributed by atoms with E-state index in [0.29, 0.717) is 0 Å². The second kappa shape index (κ2) is 14.8. The molecule has 1 heterocycles. The zero-order valence-corrected chi connectivity index (χ0v) is 38.4. The molecule has 0 aliphatic heterocycles. The van der Waals surface area contributed by atoms with Crippen LogP contribution in [0.4, 0.5) is 17.1 Å². The van der Waals surface area contributed by atoms with Crippen LogP contribution in [0.1, 0.15) is 61.8 Å². The Morgan fingerprint density at radius 2 is 1.00 bits per heavy atom. The smallest absolute Gasteiger partial charge is 0.143 e. The highest BCUT2D eigenvalue weighted by Gasteiger charge is 2.45. The molecule has 0 N–H and O–H groups in total. The van der Waals surface area contributed by atoms with Crippen molar-refractivity contribution in [3.63, 3.8) is 0 Å². The second-order valence-electron chi connectivity index (χ2n) is 19.9. The Hall–Kier alpha value is -7.94. The van der Waals surface area contributed by atoms with Crippen LogP contribution in [0.3, 0.4) is 0 Å². The van der Waals surface area contributed by atoms with E-state index in [0.717, 1.165) is 49.8 Å². The molecule has 68 heavy (non-hydrogen) atoms. The van der Waals surface area contributed by atoms with Gasteiger partial charge in [0.05, 0.1) is 5.69 Å². The Balaban J connectivity index is 0.951. The molecule has 1 aromatic heterocycles. The van der Waals surface area contributed by atoms with Crippen molar-refractivity contribution in [1.29, 1.82) is 0 Å². The number of hydrogen-bond acceptors (Lipinski definition) is 2. The summed E-state index contributed by atoms with van der Waals surface area (Å²) in [6, 6.07) is 79.2. The molecule has 1 spiro atoms. The van der Waals surface area contributed by atoms with Gasteiger partial charge >= 0.3 is 0 Å². The average molecular weight is 872 g/mol. The predicted octanol–water partition coefficient (Wildman–Crippen LogP) is 18.4. The first-order valence-electron chi connectivity index (χ1n) is 24.4. The van der Waals surface area contributed by atoms with Gasteiger partial charge in [-0.15, -0.1) is 0 Å². The van der Waals surface area contributed by atoms with Crippen LogP contribution in [0.15, 0.2) is 217 Å². The van der Waals surface area contributed by atoms with Crippen LogP contribution < -0.4 is 4.90 Å². The number of furan rings is 1. The molecule has 0 unspecified atom stereocenters. The van der Waals surface area contributed by atoms with E-state index in [-0.39, 0.29) is 10.8 Å². The summed E-state index contributed by atoms with van der Waals surface area (Å²) in [5, 5.41) is 4.59. The number of rotatable bonds is 6. The minimum absolute atomic E-state index is 0.0400. The first-order valence-corrected chi connectivity index (χ1v) is 24.4. The normalized spacial score (nSPS) is 14.9. The number of hydrogen-bond donors (Lipinski definition) is 0. The summed E-state index contributed by atoms with van der Waals surface area (Å²) in [5.41, 5.74) is 23.7. The third-order valence-electron chi connectivity index (χ3n) is 16.0. The van der Waals surface area contributed by atoms with Crippen molar-refractivity contribution in [2.45, 2.75) is 50.4 Å². The Bertz CT molecular complexity index is 3840. The van der Waals surface area contributed by atoms with Crippen LogP contribution in [-0.4, -0.2) is 0 Å². The Morgan fingerprint density at radius 3 is 1.81 bits per heavy atom. The third-order valence-corrected chi connectivity index (χ3v) is 16.0. The molecule has 2 heteroatoms. The van der Waals surface area contributed by atoms with Gasteiger partial charge in [0, 0.05) is 43.9 Å². The van der Waals surface area contributed by atoms with E-state index in [4.69, 9.17) is 4.42 Å². The highest BCUT2D eigenvalue weighted by Crippen LogP contribution is 2.59. The van der Waals surface area contributed by atoms with Gasteiger partial charge in [0.1, 0.15) is 11.2 Å². The Kier molecular flexibility index (Phi) is 8.53. The van der Waals surface area contributed by atoms with Gasteiger partial charge in [-0.25, -0.2) is 0 Å². The van der Waals surface area contributed by atoms with Crippen molar-refractivity contribution >= 4 is 49.8 Å². The van der Waals surface area contributed by atoms with Gasteiger partial charge in [-0.1, -0.05) is 197 Å². The summed E-state index contributed by atoms with van der Waals surface area (Å²) >= 11 is 0. The first-order chi connectivity index (χ1) is 33.5. The number of benzene rings is 10. The van der Waals surface area contributed by atoms with Gasteiger partial charge in [0.25, 0.3) is 0 Å². The number of para-hydroxylation sites is 1. The lowest BCUT2D eigenvalue weighted by molar-refractivity contribution is 0.550. The lowest BCUT2D eigenvalue weighted by Crippen LogP contribution is -2.21. The summed E-state index contributed by atoms with van der Waals surface area (Å²) in [6.07, 6.45) is 4.87. The molecule has 0 radical (unpaired) electrons. The fraction of sp³-hybridized carbons (Fsp3) is 0.121. The minimum Gasteiger partial charge on any atom is -0.455 e. The number of fused-ring (bicyclic) bond motifs is 13. The molecule has 0 saturated heterocycles. The maximum atomic E-state index is 6.77. The summed E-state index contributed by atoms with van der Waals surface area (Å²) in [5.74, 6) is 0. The molecule has 1 fully saturated rings. The summed E-state index contributed by atoms with van der Waals surface area (Å²) in [4.78, 5) is 2.51. The van der Waals surface area contributed by atoms with Gasteiger partial charge in [-0.3, -0.25) is 0 Å². The van der Waals surface area contributed by atoms with E-state index >= 15 is 0 Å². The van der Waals surface area contributed by atoms with Crippen molar-refractivity contribution in [2.24, 2.45) is 0 Å². The van der Waals surface area contributed by atoms with Crippen LogP contribution in [-0.2, 0) is 10.8 Å². The largest absolute Gasteiger partial charge is 0.455 e. The van der Waals surface area contributed by atoms with E-state index in [1.54, 1.807) is 0 Å². The van der Waals surface area contributed by atoms with E-state index in [1.807, 2.05) is 0 Å². The second-order valence-corrected chi connectivity index (χ2v) is 19.9. The van der Waals surface area contributed by atoms with Crippen LogP contribution in [0, 0.1) is 0 Å². The quantitative estimate of drug-likeness (QED) is 0.166. The van der Waals surface area contributed by atoms with Gasteiger partial charge in [0.15, 0.2) is 0 Å². The molecule has 2 nitrogen and oxygen atoms in total. The zero-order valence-electron chi connectivity index (χ0n) is 38.4. The monoisotopic (exact) mass is 871 g/mol. The van der Waals surface area contributed by atoms with E-state index in [2.05, 4.69) is 231 Å². The highest BCUT2D eigenvalue weighted by molar-refractivity contribution is 6.19. The van der Waals surface area contributed by atoms with Crippen LogP contribution in [0.2, 0.25) is 0 Å². The van der Waals surface area contributed by atoms with Gasteiger partial charge < -0.3 is 9.32 Å². The van der Waals surface area contributed by atoms with E-state index in [1.165, 1.54) is 104 Å². The SMILES string of the molecule is CC1(C)c2ccccc2-c2cccc(-c3ccccc3-c3ccc(N(c4ccc5c(c4)C4(CCCC4)c4ccccc4-5)c4ccccc4-c4cccc5oc6c7ccccc7ccc6c45)cc3)c21. The van der Waals surface area contributed by atoms with E-state index in [9.17, 15) is 0 Å². The summed E-state index contributed by atoms with van der Waals surface area (Å²) < 4.78 is 6.77. The molecule has 3 aliphatic rings. The third kappa shape index (κ3) is 5.58. The fourth-order valence-corrected chi connectivity index (χ4v) is 13.0. The molecule has 14 rings (SSSR count). The maximum Gasteiger partial charge on any atom is 0.143 e. The van der Waals surface area contributed by atoms with Crippen LogP contribution in [0.25, 0.3) is 88.3 Å². The Labute approximate surface area is 397 Å². The molecular formula is C66H49NO. The molecule has 3 aliphatic carbocycles. The minimum atomic E-state index is -0.122. The highest BCUT2D eigenvalue weighted by atomic mass is 16.3. The average Bonchev–Trinajstić information content (AvgIpc) is 4.16. The molecule has 1 saturated carbocycles. The molecule has 324 valence electrons. The number of anilines is 3. The Morgan fingerprint density at radius 1 is 0.412 bits per heavy atom. The molecule has 0 amide bonds. The number of nitrogens with zero attached hydrogens (tertiary/aromatic N) is 1. The standard InChI is InChI=1S/C66H49NO/c1-65(2)57-27-10-7-22-50(57)55-26-15-25-54(63(55)65)48-20-6-5-18-46(48)43-31-34-44(35-32-43)67(45-36-38-51-49-21-8-11-28-58(49)66(59(51)41-45)39-13-14-40-66)60-29-12-9-23-52(60)53-24-16-30-61-62(53)56-37-33-42-17-3-4-19-47(42)64(56)68-61/h3-12,15-38,41H,13-14,39-40H2,1-2H3. The lowest BCUT2D eigenvalue weighted by Gasteiger charge is -2.31. The summed E-state index contributed by atoms with van der Waals surface area (Å²) in [7, 11) is 0. The van der Waals surface area contributed by atoms with Crippen molar-refractivity contribution in [3.8, 4) is 55.6 Å². The van der Waals surface area contributed by atoms with Crippen molar-refractivity contribution in [1.82, 2.24) is 0 Å². The molecule has 11 aromatic rings. The maximum absolute atomic E-state index is 6.77. The van der Waals surface area contributed by atoms with Crippen molar-refractivity contribution < 1.29 is 4.42 Å². The van der Waals surface area contributed by atoms with Crippen LogP contribution >= 0.6 is 0 Å². The van der Waals surface area contributed by atoms with Crippen molar-refractivity contribution in [2.75, 3.05) is 4.90 Å². The lowest BCUT2D eigenvalue weighted by atomic mass is 9.76. The fourth-order valence-electron chi connectivity index (χ4n) is 13.0. The molecule has 0 atom stereocenters. The molecular weight excluding hydrogens is 823 g/mol. The zero-order chi connectivity index (χ0) is 45.1. The van der Waals surface area contributed by atoms with Gasteiger partial charge in [-0.2, -0.15) is 0 Å². The van der Waals surface area contributed by atoms with Gasteiger partial charge in [0.2, 0.25) is 0 Å². The summed E-state index contributed by atoms with van der Waals surface area (Å²) in [6.45, 7) is 4.77.